The highest BCUT2D eigenvalue weighted by Gasteiger charge is 2.22. The fourth-order valence-electron chi connectivity index (χ4n) is 3.41. The molecule has 1 unspecified atom stereocenters. The van der Waals surface area contributed by atoms with Crippen LogP contribution in [0.2, 0.25) is 0 Å². The number of hydrogen-bond donors (Lipinski definition) is 3. The van der Waals surface area contributed by atoms with Gasteiger partial charge in [0.1, 0.15) is 0 Å². The van der Waals surface area contributed by atoms with E-state index in [0.29, 0.717) is 32.2 Å². The van der Waals surface area contributed by atoms with Crippen LogP contribution in [0.15, 0.2) is 61.4 Å². The van der Waals surface area contributed by atoms with Gasteiger partial charge in [-0.15, -0.1) is 0 Å². The summed E-state index contributed by atoms with van der Waals surface area (Å²) in [6.07, 6.45) is 2.72. The lowest BCUT2D eigenvalue weighted by atomic mass is 10.1. The van der Waals surface area contributed by atoms with Crippen molar-refractivity contribution in [1.29, 1.82) is 0 Å². The van der Waals surface area contributed by atoms with E-state index in [4.69, 9.17) is 9.94 Å². The molecule has 3 aromatic rings. The molecular weight excluding hydrogens is 382 g/mol. The SMILES string of the molecule is C=C(NCC1CN(c2ncc(C(=O)NO)cn2)CCO1)c1ccc2ccccc2c1. The maximum absolute atomic E-state index is 11.4. The lowest BCUT2D eigenvalue weighted by Crippen LogP contribution is -2.47. The normalized spacial score (nSPS) is 16.3. The van der Waals surface area contributed by atoms with Crippen molar-refractivity contribution in [2.24, 2.45) is 0 Å². The molecular formula is C22H23N5O3. The van der Waals surface area contributed by atoms with Crippen molar-refractivity contribution in [2.75, 3.05) is 31.1 Å². The first kappa shape index (κ1) is 19.8. The lowest BCUT2D eigenvalue weighted by Gasteiger charge is -2.33. The van der Waals surface area contributed by atoms with E-state index in [9.17, 15) is 4.79 Å². The summed E-state index contributed by atoms with van der Waals surface area (Å²) in [5.41, 5.74) is 3.65. The Morgan fingerprint density at radius 2 is 1.93 bits per heavy atom. The van der Waals surface area contributed by atoms with E-state index in [1.807, 2.05) is 17.0 Å². The molecule has 2 aromatic carbocycles. The molecule has 1 atom stereocenters. The molecule has 0 spiro atoms. The Balaban J connectivity index is 1.35. The summed E-state index contributed by atoms with van der Waals surface area (Å²) in [5, 5.41) is 14.4. The molecule has 1 aromatic heterocycles. The zero-order valence-electron chi connectivity index (χ0n) is 16.4. The van der Waals surface area contributed by atoms with E-state index in [1.54, 1.807) is 5.48 Å². The number of amides is 1. The molecule has 1 aliphatic heterocycles. The molecule has 1 saturated heterocycles. The van der Waals surface area contributed by atoms with E-state index in [2.05, 4.69) is 52.2 Å². The van der Waals surface area contributed by atoms with Crippen LogP contribution in [0.4, 0.5) is 5.95 Å². The molecule has 8 heteroatoms. The predicted octanol–water partition coefficient (Wildman–Crippen LogP) is 2.21. The number of hydrogen-bond acceptors (Lipinski definition) is 7. The zero-order chi connectivity index (χ0) is 20.9. The number of nitrogens with zero attached hydrogens (tertiary/aromatic N) is 3. The number of benzene rings is 2. The van der Waals surface area contributed by atoms with Gasteiger partial charge in [0, 0.05) is 37.7 Å². The number of fused-ring (bicyclic) bond motifs is 1. The van der Waals surface area contributed by atoms with Crippen LogP contribution in [0.1, 0.15) is 15.9 Å². The maximum atomic E-state index is 11.4. The molecule has 154 valence electrons. The van der Waals surface area contributed by atoms with E-state index < -0.39 is 5.91 Å². The van der Waals surface area contributed by atoms with Gasteiger partial charge in [0.25, 0.3) is 5.91 Å². The number of hydroxylamine groups is 1. The lowest BCUT2D eigenvalue weighted by molar-refractivity contribution is 0.0428. The zero-order valence-corrected chi connectivity index (χ0v) is 16.4. The van der Waals surface area contributed by atoms with Crippen molar-refractivity contribution >= 4 is 28.3 Å². The van der Waals surface area contributed by atoms with Crippen molar-refractivity contribution in [3.8, 4) is 0 Å². The Hall–Kier alpha value is -3.49. The molecule has 4 rings (SSSR count). The first-order chi connectivity index (χ1) is 14.6. The molecule has 0 aliphatic carbocycles. The second-order valence-corrected chi connectivity index (χ2v) is 7.07. The minimum atomic E-state index is -0.641. The second-order valence-electron chi connectivity index (χ2n) is 7.07. The molecule has 1 amide bonds. The van der Waals surface area contributed by atoms with Gasteiger partial charge in [-0.3, -0.25) is 10.0 Å². The van der Waals surface area contributed by atoms with Crippen molar-refractivity contribution in [2.45, 2.75) is 6.10 Å². The highest BCUT2D eigenvalue weighted by Crippen LogP contribution is 2.19. The Morgan fingerprint density at radius 1 is 1.17 bits per heavy atom. The maximum Gasteiger partial charge on any atom is 0.277 e. The number of morpholine rings is 1. The Morgan fingerprint density at radius 3 is 2.70 bits per heavy atom. The van der Waals surface area contributed by atoms with Gasteiger partial charge in [-0.25, -0.2) is 15.4 Å². The molecule has 0 bridgehead atoms. The van der Waals surface area contributed by atoms with Gasteiger partial charge in [-0.05, 0) is 22.4 Å². The average molecular weight is 405 g/mol. The fraction of sp³-hybridized carbons (Fsp3) is 0.227. The topological polar surface area (TPSA) is 99.6 Å². The highest BCUT2D eigenvalue weighted by molar-refractivity contribution is 5.92. The number of nitrogens with one attached hydrogen (secondary N) is 2. The third-order valence-electron chi connectivity index (χ3n) is 5.06. The smallest absolute Gasteiger partial charge is 0.277 e. The summed E-state index contributed by atoms with van der Waals surface area (Å²) in [6, 6.07) is 14.5. The molecule has 8 nitrogen and oxygen atoms in total. The van der Waals surface area contributed by atoms with E-state index in [-0.39, 0.29) is 11.7 Å². The van der Waals surface area contributed by atoms with Crippen molar-refractivity contribution < 1.29 is 14.7 Å². The van der Waals surface area contributed by atoms with Gasteiger partial charge in [0.05, 0.1) is 18.3 Å². The number of carbonyl (C=O) groups is 1. The van der Waals surface area contributed by atoms with Crippen molar-refractivity contribution in [3.05, 3.63) is 72.6 Å². The molecule has 1 aliphatic rings. The van der Waals surface area contributed by atoms with Crippen LogP contribution in [0.3, 0.4) is 0 Å². The van der Waals surface area contributed by atoms with Gasteiger partial charge < -0.3 is 15.0 Å². The van der Waals surface area contributed by atoms with Crippen LogP contribution in [0.5, 0.6) is 0 Å². The number of aromatic nitrogens is 2. The third-order valence-corrected chi connectivity index (χ3v) is 5.06. The van der Waals surface area contributed by atoms with E-state index in [1.165, 1.54) is 23.2 Å². The molecule has 30 heavy (non-hydrogen) atoms. The van der Waals surface area contributed by atoms with Crippen LogP contribution >= 0.6 is 0 Å². The van der Waals surface area contributed by atoms with Gasteiger partial charge in [0.2, 0.25) is 5.95 Å². The van der Waals surface area contributed by atoms with Gasteiger partial charge in [0.15, 0.2) is 0 Å². The third kappa shape index (κ3) is 4.40. The van der Waals surface area contributed by atoms with Crippen LogP contribution < -0.4 is 15.7 Å². The van der Waals surface area contributed by atoms with Crippen molar-refractivity contribution in [3.63, 3.8) is 0 Å². The Labute approximate surface area is 174 Å². The second kappa shape index (κ2) is 8.89. The molecule has 1 fully saturated rings. The highest BCUT2D eigenvalue weighted by atomic mass is 16.5. The first-order valence-corrected chi connectivity index (χ1v) is 9.69. The summed E-state index contributed by atoms with van der Waals surface area (Å²) in [5.74, 6) is -0.121. The Kier molecular flexibility index (Phi) is 5.87. The monoisotopic (exact) mass is 405 g/mol. The van der Waals surface area contributed by atoms with Gasteiger partial charge in [-0.1, -0.05) is 43.0 Å². The standard InChI is InChI=1S/C22H23N5O3/c1-15(17-7-6-16-4-2-3-5-18(16)10-17)23-13-20-14-27(8-9-30-20)22-24-11-19(12-25-22)21(28)26-29/h2-7,10-12,20,23,29H,1,8-9,13-14H2,(H,26,28). The average Bonchev–Trinajstić information content (AvgIpc) is 2.82. The van der Waals surface area contributed by atoms with Crippen molar-refractivity contribution in [1.82, 2.24) is 20.8 Å². The van der Waals surface area contributed by atoms with Crippen LogP contribution in [-0.2, 0) is 4.74 Å². The number of rotatable bonds is 6. The summed E-state index contributed by atoms with van der Waals surface area (Å²) in [6.45, 7) is 6.60. The van der Waals surface area contributed by atoms with Gasteiger partial charge in [-0.2, -0.15) is 0 Å². The number of carbonyl (C=O) groups excluding carboxylic acids is 1. The minimum Gasteiger partial charge on any atom is -0.382 e. The van der Waals surface area contributed by atoms with E-state index >= 15 is 0 Å². The number of anilines is 1. The fourth-order valence-corrected chi connectivity index (χ4v) is 3.41. The van der Waals surface area contributed by atoms with Crippen LogP contribution in [0.25, 0.3) is 16.5 Å². The van der Waals surface area contributed by atoms with Gasteiger partial charge >= 0.3 is 0 Å². The predicted molar refractivity (Wildman–Crippen MR) is 114 cm³/mol. The summed E-state index contributed by atoms with van der Waals surface area (Å²) >= 11 is 0. The molecule has 0 saturated carbocycles. The minimum absolute atomic E-state index is 0.0556. The largest absolute Gasteiger partial charge is 0.382 e. The molecule has 0 radical (unpaired) electrons. The molecule has 2 heterocycles. The summed E-state index contributed by atoms with van der Waals surface area (Å²) in [4.78, 5) is 21.9. The number of ether oxygens (including phenoxy) is 1. The van der Waals surface area contributed by atoms with E-state index in [0.717, 1.165) is 11.3 Å². The first-order valence-electron chi connectivity index (χ1n) is 9.69. The molecule has 3 N–H and O–H groups in total. The summed E-state index contributed by atoms with van der Waals surface area (Å²) in [7, 11) is 0. The quantitative estimate of drug-likeness (QED) is 0.427. The van der Waals surface area contributed by atoms with Crippen LogP contribution in [0, 0.1) is 0 Å². The van der Waals surface area contributed by atoms with Crippen LogP contribution in [-0.4, -0.2) is 53.4 Å². The Bertz CT molecular complexity index is 1050. The summed E-state index contributed by atoms with van der Waals surface area (Å²) < 4.78 is 5.87.